The fourth-order valence-corrected chi connectivity index (χ4v) is 5.06. The average molecular weight is 466 g/mol. The van der Waals surface area contributed by atoms with Crippen LogP contribution in [0, 0.1) is 0 Å². The molecule has 0 spiro atoms. The molecule has 2 aliphatic heterocycles. The fourth-order valence-electron chi connectivity index (χ4n) is 3.73. The van der Waals surface area contributed by atoms with Crippen molar-refractivity contribution in [3.05, 3.63) is 46.6 Å². The van der Waals surface area contributed by atoms with Crippen LogP contribution in [-0.2, 0) is 14.8 Å². The number of aromatic nitrogens is 2. The number of rotatable bonds is 6. The molecule has 3 heterocycles. The summed E-state index contributed by atoms with van der Waals surface area (Å²) in [5, 5.41) is 17.1. The van der Waals surface area contributed by atoms with Gasteiger partial charge in [-0.1, -0.05) is 11.6 Å². The van der Waals surface area contributed by atoms with Crippen LogP contribution in [0.3, 0.4) is 0 Å². The maximum Gasteiger partial charge on any atom is 0.233 e. The Kier molecular flexibility index (Phi) is 6.33. The zero-order chi connectivity index (χ0) is 22.0. The first-order valence-corrected chi connectivity index (χ1v) is 12.1. The van der Waals surface area contributed by atoms with E-state index in [1.807, 2.05) is 18.2 Å². The number of aliphatic hydroxyl groups is 1. The Morgan fingerprint density at radius 3 is 2.97 bits per heavy atom. The number of ether oxygens (including phenoxy) is 1. The van der Waals surface area contributed by atoms with Gasteiger partial charge in [0.05, 0.1) is 18.9 Å². The third-order valence-electron chi connectivity index (χ3n) is 5.14. The van der Waals surface area contributed by atoms with Gasteiger partial charge in [0.1, 0.15) is 12.0 Å². The molecule has 0 bridgehead atoms. The molecule has 0 radical (unpaired) electrons. The van der Waals surface area contributed by atoms with Crippen LogP contribution in [-0.4, -0.2) is 61.8 Å². The number of halogens is 1. The highest BCUT2D eigenvalue weighted by atomic mass is 35.5. The van der Waals surface area contributed by atoms with Crippen LogP contribution in [0.25, 0.3) is 6.08 Å². The van der Waals surface area contributed by atoms with Crippen molar-refractivity contribution in [2.45, 2.75) is 25.1 Å². The summed E-state index contributed by atoms with van der Waals surface area (Å²) in [5.74, 6) is 0.539. The molecule has 0 saturated carbocycles. The number of nitrogens with zero attached hydrogens (tertiary/aromatic N) is 3. The number of fused-ring (bicyclic) bond motifs is 1. The summed E-state index contributed by atoms with van der Waals surface area (Å²) in [6.07, 6.45) is 5.13. The number of hydrogen-bond acceptors (Lipinski definition) is 8. The van der Waals surface area contributed by atoms with Gasteiger partial charge in [0, 0.05) is 36.1 Å². The topological polar surface area (TPSA) is 117 Å². The lowest BCUT2D eigenvalue weighted by molar-refractivity contribution is 0.0834. The number of aliphatic hydroxyl groups excluding tert-OH is 1. The molecule has 11 heteroatoms. The van der Waals surface area contributed by atoms with E-state index in [1.54, 1.807) is 12.1 Å². The molecule has 2 atom stereocenters. The van der Waals surface area contributed by atoms with Gasteiger partial charge in [0.2, 0.25) is 16.0 Å². The highest BCUT2D eigenvalue weighted by Crippen LogP contribution is 2.29. The number of anilines is 3. The third kappa shape index (κ3) is 5.09. The predicted octanol–water partition coefficient (Wildman–Crippen LogP) is 2.31. The van der Waals surface area contributed by atoms with Crippen molar-refractivity contribution in [3.63, 3.8) is 0 Å². The number of nitrogens with one attached hydrogen (secondary N) is 2. The molecular formula is C20H24ClN5O4S. The summed E-state index contributed by atoms with van der Waals surface area (Å²) in [5.41, 5.74) is 2.33. The van der Waals surface area contributed by atoms with Gasteiger partial charge < -0.3 is 20.5 Å². The van der Waals surface area contributed by atoms with E-state index < -0.39 is 16.3 Å². The number of sulfonamides is 1. The summed E-state index contributed by atoms with van der Waals surface area (Å²) in [6.45, 7) is 1.21. The van der Waals surface area contributed by atoms with E-state index in [4.69, 9.17) is 16.3 Å². The van der Waals surface area contributed by atoms with E-state index in [9.17, 15) is 13.5 Å². The van der Waals surface area contributed by atoms with E-state index in [0.29, 0.717) is 30.2 Å². The van der Waals surface area contributed by atoms with Crippen molar-refractivity contribution in [2.75, 3.05) is 41.0 Å². The summed E-state index contributed by atoms with van der Waals surface area (Å²) in [6, 6.07) is 6.63. The van der Waals surface area contributed by atoms with E-state index in [2.05, 4.69) is 20.6 Å². The Balaban J connectivity index is 1.53. The molecule has 31 heavy (non-hydrogen) atoms. The lowest BCUT2D eigenvalue weighted by Gasteiger charge is -2.33. The Morgan fingerprint density at radius 1 is 1.39 bits per heavy atom. The minimum atomic E-state index is -3.55. The fraction of sp³-hybridized carbons (Fsp3) is 0.400. The second kappa shape index (κ2) is 8.99. The van der Waals surface area contributed by atoms with E-state index in [1.165, 1.54) is 10.5 Å². The van der Waals surface area contributed by atoms with E-state index in [0.717, 1.165) is 23.9 Å². The largest absolute Gasteiger partial charge is 0.379 e. The zero-order valence-corrected chi connectivity index (χ0v) is 18.5. The summed E-state index contributed by atoms with van der Waals surface area (Å²) in [4.78, 5) is 8.59. The standard InChI is InChI=1S/C20H24ClN5O4S/c1-31(28,29)26(16-3-2-8-30-12-16)18-6-7-22-20(25-18)23-11-14-9-13-10-15(21)4-5-17(13)24-19(14)27/h4-7,9-10,16,19,24,27H,2-3,8,11-12H2,1H3,(H,22,23,25). The maximum absolute atomic E-state index is 12.5. The average Bonchev–Trinajstić information content (AvgIpc) is 2.73. The molecule has 1 aromatic carbocycles. The highest BCUT2D eigenvalue weighted by molar-refractivity contribution is 7.92. The van der Waals surface area contributed by atoms with Crippen molar-refractivity contribution in [3.8, 4) is 0 Å². The van der Waals surface area contributed by atoms with Crippen molar-refractivity contribution in [1.29, 1.82) is 0 Å². The Bertz CT molecular complexity index is 1090. The van der Waals surface area contributed by atoms with Crippen LogP contribution in [0.2, 0.25) is 5.02 Å². The second-order valence-corrected chi connectivity index (χ2v) is 9.82. The van der Waals surface area contributed by atoms with Gasteiger partial charge >= 0.3 is 0 Å². The van der Waals surface area contributed by atoms with Gasteiger partial charge in [-0.15, -0.1) is 0 Å². The molecule has 2 unspecified atom stereocenters. The molecule has 166 valence electrons. The van der Waals surface area contributed by atoms with Gasteiger partial charge in [0.25, 0.3) is 0 Å². The first kappa shape index (κ1) is 21.8. The van der Waals surface area contributed by atoms with Crippen LogP contribution in [0.4, 0.5) is 17.5 Å². The van der Waals surface area contributed by atoms with Gasteiger partial charge in [-0.25, -0.2) is 17.7 Å². The summed E-state index contributed by atoms with van der Waals surface area (Å²) >= 11 is 6.06. The van der Waals surface area contributed by atoms with Crippen molar-refractivity contribution >= 4 is 45.2 Å². The molecule has 3 N–H and O–H groups in total. The predicted molar refractivity (Wildman–Crippen MR) is 121 cm³/mol. The smallest absolute Gasteiger partial charge is 0.233 e. The monoisotopic (exact) mass is 465 g/mol. The Hall–Kier alpha value is -2.40. The SMILES string of the molecule is CS(=O)(=O)N(c1ccnc(NCC2=Cc3cc(Cl)ccc3NC2O)n1)C1CCCOC1. The highest BCUT2D eigenvalue weighted by Gasteiger charge is 2.30. The molecule has 2 aliphatic rings. The molecule has 0 amide bonds. The maximum atomic E-state index is 12.5. The molecule has 0 aliphatic carbocycles. The van der Waals surface area contributed by atoms with Crippen LogP contribution >= 0.6 is 11.6 Å². The number of benzene rings is 1. The van der Waals surface area contributed by atoms with E-state index in [-0.39, 0.29) is 24.4 Å². The lowest BCUT2D eigenvalue weighted by Crippen LogP contribution is -2.45. The normalized spacial score (nSPS) is 20.9. The minimum absolute atomic E-state index is 0.257. The Morgan fingerprint density at radius 2 is 2.23 bits per heavy atom. The quantitative estimate of drug-likeness (QED) is 0.595. The van der Waals surface area contributed by atoms with Crippen LogP contribution in [0.5, 0.6) is 0 Å². The van der Waals surface area contributed by atoms with Crippen molar-refractivity contribution < 1.29 is 18.3 Å². The number of hydrogen-bond donors (Lipinski definition) is 3. The van der Waals surface area contributed by atoms with Gasteiger partial charge in [-0.05, 0) is 48.3 Å². The molecule has 4 rings (SSSR count). The van der Waals surface area contributed by atoms with Gasteiger partial charge in [0.15, 0.2) is 0 Å². The molecule has 9 nitrogen and oxygen atoms in total. The van der Waals surface area contributed by atoms with Crippen LogP contribution < -0.4 is 14.9 Å². The molecular weight excluding hydrogens is 442 g/mol. The Labute approximate surface area is 186 Å². The van der Waals surface area contributed by atoms with Crippen LogP contribution in [0.1, 0.15) is 18.4 Å². The van der Waals surface area contributed by atoms with Crippen molar-refractivity contribution in [1.82, 2.24) is 9.97 Å². The van der Waals surface area contributed by atoms with Gasteiger partial charge in [-0.2, -0.15) is 4.98 Å². The summed E-state index contributed by atoms with van der Waals surface area (Å²) in [7, 11) is -3.55. The van der Waals surface area contributed by atoms with Crippen LogP contribution in [0.15, 0.2) is 36.0 Å². The zero-order valence-electron chi connectivity index (χ0n) is 17.0. The third-order valence-corrected chi connectivity index (χ3v) is 6.58. The first-order valence-electron chi connectivity index (χ1n) is 9.90. The van der Waals surface area contributed by atoms with Gasteiger partial charge in [-0.3, -0.25) is 0 Å². The molecule has 1 fully saturated rings. The summed E-state index contributed by atoms with van der Waals surface area (Å²) < 4.78 is 31.7. The second-order valence-electron chi connectivity index (χ2n) is 7.52. The first-order chi connectivity index (χ1) is 14.8. The lowest BCUT2D eigenvalue weighted by atomic mass is 10.0. The van der Waals surface area contributed by atoms with Crippen molar-refractivity contribution in [2.24, 2.45) is 0 Å². The van der Waals surface area contributed by atoms with E-state index >= 15 is 0 Å². The molecule has 1 saturated heterocycles. The molecule has 1 aromatic heterocycles. The minimum Gasteiger partial charge on any atom is -0.379 e. The molecule has 2 aromatic rings.